The average Bonchev–Trinajstić information content (AvgIpc) is 2.74. The summed E-state index contributed by atoms with van der Waals surface area (Å²) in [5, 5.41) is 2.86. The number of rotatable bonds is 8. The summed E-state index contributed by atoms with van der Waals surface area (Å²) in [6, 6.07) is 8.73. The van der Waals surface area contributed by atoms with Crippen molar-refractivity contribution in [1.29, 1.82) is 0 Å². The SMILES string of the molecule is CCOc1cncc(-c2ccc(NC(=O)C(C)(C)c3ccnc(NS(C)(=O)=O)n3)cc2)n1. The highest BCUT2D eigenvalue weighted by molar-refractivity contribution is 7.91. The van der Waals surface area contributed by atoms with Gasteiger partial charge in [0.05, 0.1) is 42.1 Å². The van der Waals surface area contributed by atoms with E-state index in [2.05, 4.69) is 30.0 Å². The molecule has 0 saturated carbocycles. The number of aromatic nitrogens is 4. The zero-order chi connectivity index (χ0) is 23.4. The number of ether oxygens (including phenoxy) is 1. The van der Waals surface area contributed by atoms with E-state index in [9.17, 15) is 13.2 Å². The molecule has 0 unspecified atom stereocenters. The van der Waals surface area contributed by atoms with E-state index in [1.54, 1.807) is 44.4 Å². The molecule has 3 aromatic rings. The molecule has 2 N–H and O–H groups in total. The number of hydrogen-bond acceptors (Lipinski definition) is 8. The van der Waals surface area contributed by atoms with Crippen LogP contribution >= 0.6 is 0 Å². The van der Waals surface area contributed by atoms with Crippen LogP contribution in [0.4, 0.5) is 11.6 Å². The number of amides is 1. The van der Waals surface area contributed by atoms with Gasteiger partial charge in [0.25, 0.3) is 0 Å². The number of carbonyl (C=O) groups is 1. The molecule has 168 valence electrons. The molecule has 0 atom stereocenters. The third-order valence-corrected chi connectivity index (χ3v) is 5.04. The van der Waals surface area contributed by atoms with Crippen LogP contribution < -0.4 is 14.8 Å². The summed E-state index contributed by atoms with van der Waals surface area (Å²) in [4.78, 5) is 29.6. The first-order valence-electron chi connectivity index (χ1n) is 9.76. The molecule has 3 rings (SSSR count). The van der Waals surface area contributed by atoms with Crippen LogP contribution in [0.5, 0.6) is 5.88 Å². The summed E-state index contributed by atoms with van der Waals surface area (Å²) in [5.74, 6) is 0.0386. The zero-order valence-corrected chi connectivity index (χ0v) is 19.0. The van der Waals surface area contributed by atoms with E-state index < -0.39 is 15.4 Å². The van der Waals surface area contributed by atoms with Crippen LogP contribution in [0.1, 0.15) is 26.5 Å². The molecule has 0 bridgehead atoms. The van der Waals surface area contributed by atoms with E-state index in [1.165, 1.54) is 6.20 Å². The normalized spacial score (nSPS) is 11.6. The van der Waals surface area contributed by atoms with Crippen molar-refractivity contribution in [2.75, 3.05) is 22.9 Å². The monoisotopic (exact) mass is 456 g/mol. The Morgan fingerprint density at radius 2 is 1.81 bits per heavy atom. The van der Waals surface area contributed by atoms with Crippen LogP contribution in [0.15, 0.2) is 48.9 Å². The van der Waals surface area contributed by atoms with Crippen LogP contribution in [0.3, 0.4) is 0 Å². The summed E-state index contributed by atoms with van der Waals surface area (Å²) in [6.07, 6.45) is 5.59. The van der Waals surface area contributed by atoms with Gasteiger partial charge in [-0.05, 0) is 39.0 Å². The van der Waals surface area contributed by atoms with Crippen molar-refractivity contribution in [2.24, 2.45) is 0 Å². The van der Waals surface area contributed by atoms with E-state index in [0.29, 0.717) is 29.6 Å². The first-order chi connectivity index (χ1) is 15.1. The van der Waals surface area contributed by atoms with E-state index >= 15 is 0 Å². The molecule has 1 aromatic carbocycles. The van der Waals surface area contributed by atoms with Crippen molar-refractivity contribution in [3.8, 4) is 17.1 Å². The van der Waals surface area contributed by atoms with E-state index in [0.717, 1.165) is 11.8 Å². The fraction of sp³-hybridized carbons (Fsp3) is 0.286. The van der Waals surface area contributed by atoms with Gasteiger partial charge in [0.1, 0.15) is 0 Å². The summed E-state index contributed by atoms with van der Waals surface area (Å²) >= 11 is 0. The fourth-order valence-corrected chi connectivity index (χ4v) is 3.18. The molecule has 0 fully saturated rings. The lowest BCUT2D eigenvalue weighted by atomic mass is 9.88. The number of benzene rings is 1. The van der Waals surface area contributed by atoms with Gasteiger partial charge in [-0.2, -0.15) is 0 Å². The molecule has 11 heteroatoms. The molecule has 2 heterocycles. The first kappa shape index (κ1) is 23.1. The lowest BCUT2D eigenvalue weighted by Crippen LogP contribution is -2.35. The third kappa shape index (κ3) is 5.76. The Hall–Kier alpha value is -3.60. The Labute approximate surface area is 186 Å². The minimum atomic E-state index is -3.53. The van der Waals surface area contributed by atoms with Gasteiger partial charge in [-0.3, -0.25) is 14.5 Å². The van der Waals surface area contributed by atoms with Gasteiger partial charge in [0, 0.05) is 17.4 Å². The van der Waals surface area contributed by atoms with Crippen molar-refractivity contribution in [3.63, 3.8) is 0 Å². The van der Waals surface area contributed by atoms with Crippen molar-refractivity contribution in [1.82, 2.24) is 19.9 Å². The highest BCUT2D eigenvalue weighted by atomic mass is 32.2. The molecule has 10 nitrogen and oxygen atoms in total. The van der Waals surface area contributed by atoms with Crippen molar-refractivity contribution >= 4 is 27.6 Å². The molecular weight excluding hydrogens is 432 g/mol. The second kappa shape index (κ2) is 9.27. The standard InChI is InChI=1S/C21H24N6O4S/c1-5-31-18-13-22-12-16(25-18)14-6-8-15(9-7-14)24-19(28)21(2,3)17-10-11-23-20(26-17)27-32(4,29)30/h6-13H,5H2,1-4H3,(H,24,28)(H,23,26,27). The lowest BCUT2D eigenvalue weighted by molar-refractivity contribution is -0.120. The highest BCUT2D eigenvalue weighted by Gasteiger charge is 2.32. The second-order valence-corrected chi connectivity index (χ2v) is 9.22. The Balaban J connectivity index is 1.75. The van der Waals surface area contributed by atoms with Crippen molar-refractivity contribution < 1.29 is 17.9 Å². The molecule has 32 heavy (non-hydrogen) atoms. The molecule has 0 spiro atoms. The molecule has 0 aliphatic carbocycles. The van der Waals surface area contributed by atoms with Gasteiger partial charge >= 0.3 is 0 Å². The molecule has 0 saturated heterocycles. The minimum Gasteiger partial charge on any atom is -0.477 e. The van der Waals surface area contributed by atoms with Crippen LogP contribution in [-0.4, -0.2) is 47.1 Å². The predicted octanol–water partition coefficient (Wildman–Crippen LogP) is 2.62. The summed E-state index contributed by atoms with van der Waals surface area (Å²) in [5.41, 5.74) is 1.39. The van der Waals surface area contributed by atoms with E-state index in [4.69, 9.17) is 4.74 Å². The molecular formula is C21H24N6O4S. The maximum absolute atomic E-state index is 13.0. The number of hydrogen-bond donors (Lipinski definition) is 2. The number of anilines is 2. The maximum Gasteiger partial charge on any atom is 0.236 e. The number of nitrogens with one attached hydrogen (secondary N) is 2. The lowest BCUT2D eigenvalue weighted by Gasteiger charge is -2.23. The van der Waals surface area contributed by atoms with Crippen molar-refractivity contribution in [3.05, 3.63) is 54.6 Å². The van der Waals surface area contributed by atoms with Gasteiger partial charge in [-0.25, -0.2) is 23.4 Å². The van der Waals surface area contributed by atoms with Crippen LogP contribution in [0.2, 0.25) is 0 Å². The van der Waals surface area contributed by atoms with Gasteiger partial charge in [0.2, 0.25) is 27.8 Å². The predicted molar refractivity (Wildman–Crippen MR) is 121 cm³/mol. The Kier molecular flexibility index (Phi) is 6.68. The van der Waals surface area contributed by atoms with Crippen molar-refractivity contribution in [2.45, 2.75) is 26.2 Å². The molecule has 0 radical (unpaired) electrons. The minimum absolute atomic E-state index is 0.0920. The summed E-state index contributed by atoms with van der Waals surface area (Å²) < 4.78 is 30.5. The quantitative estimate of drug-likeness (QED) is 0.528. The first-order valence-corrected chi connectivity index (χ1v) is 11.7. The Morgan fingerprint density at radius 3 is 2.47 bits per heavy atom. The van der Waals surface area contributed by atoms with Crippen LogP contribution in [0, 0.1) is 0 Å². The highest BCUT2D eigenvalue weighted by Crippen LogP contribution is 2.26. The summed E-state index contributed by atoms with van der Waals surface area (Å²) in [6.45, 7) is 5.75. The topological polar surface area (TPSA) is 136 Å². The Morgan fingerprint density at radius 1 is 1.09 bits per heavy atom. The number of sulfonamides is 1. The van der Waals surface area contributed by atoms with E-state index in [-0.39, 0.29) is 11.9 Å². The van der Waals surface area contributed by atoms with Gasteiger partial charge in [-0.1, -0.05) is 12.1 Å². The number of carbonyl (C=O) groups excluding carboxylic acids is 1. The van der Waals surface area contributed by atoms with Gasteiger partial charge < -0.3 is 10.1 Å². The second-order valence-electron chi connectivity index (χ2n) is 7.47. The van der Waals surface area contributed by atoms with Crippen LogP contribution in [0.25, 0.3) is 11.3 Å². The Bertz CT molecular complexity index is 1210. The fourth-order valence-electron chi connectivity index (χ4n) is 2.75. The zero-order valence-electron chi connectivity index (χ0n) is 18.2. The van der Waals surface area contributed by atoms with Gasteiger partial charge in [0.15, 0.2) is 0 Å². The summed E-state index contributed by atoms with van der Waals surface area (Å²) in [7, 11) is -3.53. The van der Waals surface area contributed by atoms with Crippen LogP contribution in [-0.2, 0) is 20.2 Å². The molecule has 0 aliphatic rings. The smallest absolute Gasteiger partial charge is 0.236 e. The van der Waals surface area contributed by atoms with Gasteiger partial charge in [-0.15, -0.1) is 0 Å². The molecule has 2 aromatic heterocycles. The molecule has 1 amide bonds. The van der Waals surface area contributed by atoms with E-state index in [1.807, 2.05) is 19.1 Å². The number of nitrogens with zero attached hydrogens (tertiary/aromatic N) is 4. The largest absolute Gasteiger partial charge is 0.477 e. The molecule has 0 aliphatic heterocycles. The third-order valence-electron chi connectivity index (χ3n) is 4.48. The average molecular weight is 457 g/mol. The maximum atomic E-state index is 13.0.